The van der Waals surface area contributed by atoms with Crippen LogP contribution >= 0.6 is 0 Å². The highest BCUT2D eigenvalue weighted by molar-refractivity contribution is 6.21. The van der Waals surface area contributed by atoms with E-state index in [9.17, 15) is 9.59 Å². The van der Waals surface area contributed by atoms with Crippen LogP contribution in [0.1, 0.15) is 40.3 Å². The van der Waals surface area contributed by atoms with Crippen LogP contribution in [0.5, 0.6) is 5.75 Å². The molecule has 0 unspecified atom stereocenters. The number of rotatable bonds is 3. The van der Waals surface area contributed by atoms with E-state index in [2.05, 4.69) is 5.16 Å². The molecule has 0 fully saturated rings. The highest BCUT2D eigenvalue weighted by atomic mass is 16.5. The van der Waals surface area contributed by atoms with Crippen LogP contribution in [0.25, 0.3) is 11.0 Å². The fourth-order valence-electron chi connectivity index (χ4n) is 2.74. The molecule has 4 rings (SSSR count). The fourth-order valence-corrected chi connectivity index (χ4v) is 2.74. The molecule has 3 aromatic rings. The van der Waals surface area contributed by atoms with Crippen LogP contribution in [0.2, 0.25) is 0 Å². The minimum Gasteiger partial charge on any atom is -0.497 e. The molecule has 1 aromatic heterocycles. The van der Waals surface area contributed by atoms with Crippen LogP contribution in [0, 0.1) is 0 Å². The Morgan fingerprint density at radius 2 is 1.68 bits per heavy atom. The number of benzene rings is 2. The number of hydrogen-bond donors (Lipinski definition) is 0. The van der Waals surface area contributed by atoms with Gasteiger partial charge in [0.1, 0.15) is 11.4 Å². The van der Waals surface area contributed by atoms with Crippen LogP contribution in [0.15, 0.2) is 47.0 Å². The largest absolute Gasteiger partial charge is 0.497 e. The summed E-state index contributed by atoms with van der Waals surface area (Å²) in [5.41, 5.74) is 1.94. The molecule has 0 atom stereocenters. The topological polar surface area (TPSA) is 72.6 Å². The first-order chi connectivity index (χ1) is 12.2. The summed E-state index contributed by atoms with van der Waals surface area (Å²) in [6, 6.07) is 12.1. The summed E-state index contributed by atoms with van der Waals surface area (Å²) in [4.78, 5) is 26.0. The van der Waals surface area contributed by atoms with Crippen molar-refractivity contribution in [2.75, 3.05) is 7.11 Å². The molecule has 6 heteroatoms. The number of methoxy groups -OCH3 is 1. The van der Waals surface area contributed by atoms with E-state index in [4.69, 9.17) is 9.26 Å². The number of nitrogens with zero attached hydrogens (tertiary/aromatic N) is 2. The second-order valence-electron chi connectivity index (χ2n) is 5.23. The first-order valence-electron chi connectivity index (χ1n) is 8.06. The smallest absolute Gasteiger partial charge is 0.261 e. The number of aromatic nitrogens is 1. The number of fused-ring (bicyclic) bond motifs is 2. The van der Waals surface area contributed by atoms with E-state index in [1.54, 1.807) is 49.6 Å². The van der Waals surface area contributed by atoms with Crippen LogP contribution in [-0.4, -0.2) is 29.0 Å². The second kappa shape index (κ2) is 6.76. The van der Waals surface area contributed by atoms with E-state index < -0.39 is 0 Å². The molecule has 25 heavy (non-hydrogen) atoms. The molecular formula is C19H18N2O4. The molecule has 0 aliphatic carbocycles. The van der Waals surface area contributed by atoms with Crippen molar-refractivity contribution >= 4 is 22.8 Å². The molecule has 2 amide bonds. The van der Waals surface area contributed by atoms with Crippen molar-refractivity contribution in [3.05, 3.63) is 59.3 Å². The van der Waals surface area contributed by atoms with Crippen molar-refractivity contribution in [2.24, 2.45) is 0 Å². The second-order valence-corrected chi connectivity index (χ2v) is 5.23. The third-order valence-electron chi connectivity index (χ3n) is 3.94. The molecule has 128 valence electrons. The van der Waals surface area contributed by atoms with E-state index in [0.717, 1.165) is 5.39 Å². The summed E-state index contributed by atoms with van der Waals surface area (Å²) in [6.45, 7) is 4.06. The lowest BCUT2D eigenvalue weighted by Gasteiger charge is -2.11. The fraction of sp³-hybridized carbons (Fsp3) is 0.211. The van der Waals surface area contributed by atoms with Gasteiger partial charge in [-0.2, -0.15) is 0 Å². The molecule has 0 saturated heterocycles. The maximum Gasteiger partial charge on any atom is 0.261 e. The van der Waals surface area contributed by atoms with Gasteiger partial charge in [0.25, 0.3) is 11.8 Å². The molecular weight excluding hydrogens is 320 g/mol. The zero-order valence-corrected chi connectivity index (χ0v) is 14.3. The van der Waals surface area contributed by atoms with E-state index >= 15 is 0 Å². The van der Waals surface area contributed by atoms with Crippen molar-refractivity contribution in [3.63, 3.8) is 0 Å². The van der Waals surface area contributed by atoms with Gasteiger partial charge in [0.2, 0.25) is 0 Å². The van der Waals surface area contributed by atoms with Gasteiger partial charge in [0, 0.05) is 0 Å². The molecule has 1 aliphatic heterocycles. The quantitative estimate of drug-likeness (QED) is 0.682. The van der Waals surface area contributed by atoms with Crippen molar-refractivity contribution in [2.45, 2.75) is 20.4 Å². The molecule has 0 bridgehead atoms. The standard InChI is InChI=1S/C17H12N2O4.C2H6/c1-22-10-6-7-15-13(8-10)14(18-23-15)9-19-16(20)11-4-2-3-5-12(11)17(19)21;1-2/h2-8H,9H2,1H3;1-2H3. The normalized spacial score (nSPS) is 12.8. The van der Waals surface area contributed by atoms with Gasteiger partial charge in [-0.25, -0.2) is 0 Å². The maximum atomic E-state index is 12.4. The number of imide groups is 1. The van der Waals surface area contributed by atoms with Crippen molar-refractivity contribution < 1.29 is 18.8 Å². The van der Waals surface area contributed by atoms with Gasteiger partial charge in [-0.3, -0.25) is 14.5 Å². The lowest BCUT2D eigenvalue weighted by Crippen LogP contribution is -2.29. The van der Waals surface area contributed by atoms with E-state index in [1.165, 1.54) is 4.90 Å². The number of hydrogen-bond acceptors (Lipinski definition) is 5. The molecule has 0 saturated carbocycles. The number of ether oxygens (including phenoxy) is 1. The van der Waals surface area contributed by atoms with Crippen molar-refractivity contribution in [1.29, 1.82) is 0 Å². The van der Waals surface area contributed by atoms with Crippen LogP contribution in [-0.2, 0) is 6.54 Å². The number of amides is 2. The third kappa shape index (κ3) is 2.76. The zero-order chi connectivity index (χ0) is 18.0. The molecule has 0 radical (unpaired) electrons. The number of carbonyl (C=O) groups is 2. The van der Waals surface area contributed by atoms with E-state index in [-0.39, 0.29) is 18.4 Å². The first kappa shape index (κ1) is 16.7. The monoisotopic (exact) mass is 338 g/mol. The predicted molar refractivity (Wildman–Crippen MR) is 92.6 cm³/mol. The summed E-state index contributed by atoms with van der Waals surface area (Å²) < 4.78 is 10.4. The molecule has 2 aromatic carbocycles. The van der Waals surface area contributed by atoms with Crippen molar-refractivity contribution in [1.82, 2.24) is 10.1 Å². The Balaban J connectivity index is 0.000000880. The Labute approximate surface area is 145 Å². The minimum atomic E-state index is -0.315. The highest BCUT2D eigenvalue weighted by Gasteiger charge is 2.35. The maximum absolute atomic E-state index is 12.4. The van der Waals surface area contributed by atoms with Gasteiger partial charge in [-0.05, 0) is 30.3 Å². The molecule has 1 aliphatic rings. The summed E-state index contributed by atoms with van der Waals surface area (Å²) in [5.74, 6) is 0.0265. The van der Waals surface area contributed by atoms with Crippen LogP contribution in [0.4, 0.5) is 0 Å². The predicted octanol–water partition coefficient (Wildman–Crippen LogP) is 3.66. The van der Waals surface area contributed by atoms with E-state index in [1.807, 2.05) is 13.8 Å². The molecule has 2 heterocycles. The Bertz CT molecular complexity index is 911. The Kier molecular flexibility index (Phi) is 4.52. The van der Waals surface area contributed by atoms with Crippen LogP contribution < -0.4 is 4.74 Å². The third-order valence-corrected chi connectivity index (χ3v) is 3.94. The minimum absolute atomic E-state index is 0.0620. The van der Waals surface area contributed by atoms with Gasteiger partial charge in [-0.15, -0.1) is 0 Å². The Hall–Kier alpha value is -3.15. The zero-order valence-electron chi connectivity index (χ0n) is 14.3. The molecule has 0 spiro atoms. The molecule has 0 N–H and O–H groups in total. The van der Waals surface area contributed by atoms with Crippen molar-refractivity contribution in [3.8, 4) is 5.75 Å². The lowest BCUT2D eigenvalue weighted by atomic mass is 10.1. The summed E-state index contributed by atoms with van der Waals surface area (Å²) in [6.07, 6.45) is 0. The summed E-state index contributed by atoms with van der Waals surface area (Å²) in [5, 5.41) is 4.71. The molecule has 6 nitrogen and oxygen atoms in total. The van der Waals surface area contributed by atoms with E-state index in [0.29, 0.717) is 28.2 Å². The highest BCUT2D eigenvalue weighted by Crippen LogP contribution is 2.28. The van der Waals surface area contributed by atoms with Gasteiger partial charge in [-0.1, -0.05) is 31.1 Å². The summed E-state index contributed by atoms with van der Waals surface area (Å²) in [7, 11) is 1.57. The van der Waals surface area contributed by atoms with Crippen LogP contribution in [0.3, 0.4) is 0 Å². The van der Waals surface area contributed by atoms with Gasteiger partial charge >= 0.3 is 0 Å². The lowest BCUT2D eigenvalue weighted by molar-refractivity contribution is 0.0640. The average Bonchev–Trinajstić information content (AvgIpc) is 3.18. The summed E-state index contributed by atoms with van der Waals surface area (Å²) >= 11 is 0. The number of carbonyl (C=O) groups excluding carboxylic acids is 2. The first-order valence-corrected chi connectivity index (χ1v) is 8.06. The Morgan fingerprint density at radius 3 is 2.28 bits per heavy atom. The Morgan fingerprint density at radius 1 is 1.04 bits per heavy atom. The van der Waals surface area contributed by atoms with Gasteiger partial charge in [0.15, 0.2) is 5.58 Å². The van der Waals surface area contributed by atoms with Gasteiger partial charge in [0.05, 0.1) is 30.2 Å². The van der Waals surface area contributed by atoms with Gasteiger partial charge < -0.3 is 9.26 Å². The average molecular weight is 338 g/mol. The SMILES string of the molecule is CC.COc1ccc2onc(CN3C(=O)c4ccccc4C3=O)c2c1.